The quantitative estimate of drug-likeness (QED) is 0.924. The number of halogens is 1. The van der Waals surface area contributed by atoms with E-state index in [-0.39, 0.29) is 5.91 Å². The highest BCUT2D eigenvalue weighted by Gasteiger charge is 2.27. The van der Waals surface area contributed by atoms with Crippen LogP contribution in [0.2, 0.25) is 5.02 Å². The summed E-state index contributed by atoms with van der Waals surface area (Å²) >= 11 is 6.14. The molecule has 5 heteroatoms. The second-order valence-electron chi connectivity index (χ2n) is 5.54. The maximum atomic E-state index is 12.6. The standard InChI is InChI=1S/C16H18ClN3O/c1-11-9-18-19-15(11)12-5-4-8-20(10-12)16(21)13-6-2-3-7-14(13)17/h2-3,6-7,9,12H,4-5,8,10H2,1H3,(H,18,19)/t12-/m1/s1. The lowest BCUT2D eigenvalue weighted by Crippen LogP contribution is -2.39. The minimum Gasteiger partial charge on any atom is -0.338 e. The van der Waals surface area contributed by atoms with E-state index in [4.69, 9.17) is 11.6 Å². The van der Waals surface area contributed by atoms with E-state index in [1.807, 2.05) is 30.2 Å². The van der Waals surface area contributed by atoms with E-state index in [0.29, 0.717) is 23.0 Å². The van der Waals surface area contributed by atoms with Crippen LogP contribution in [0.15, 0.2) is 30.5 Å². The Balaban J connectivity index is 1.79. The van der Waals surface area contributed by atoms with E-state index in [9.17, 15) is 4.79 Å². The topological polar surface area (TPSA) is 49.0 Å². The molecule has 1 aliphatic rings. The van der Waals surface area contributed by atoms with Crippen LogP contribution in [-0.4, -0.2) is 34.1 Å². The van der Waals surface area contributed by atoms with Crippen molar-refractivity contribution in [3.05, 3.63) is 52.3 Å². The lowest BCUT2D eigenvalue weighted by atomic mass is 9.92. The number of amides is 1. The number of carbonyl (C=O) groups excluding carboxylic acids is 1. The molecule has 2 heterocycles. The maximum Gasteiger partial charge on any atom is 0.255 e. The number of aryl methyl sites for hydroxylation is 1. The molecule has 0 spiro atoms. The first-order chi connectivity index (χ1) is 10.2. The summed E-state index contributed by atoms with van der Waals surface area (Å²) in [5, 5.41) is 7.68. The first-order valence-corrected chi connectivity index (χ1v) is 7.58. The molecular formula is C16H18ClN3O. The number of likely N-dealkylation sites (tertiary alicyclic amines) is 1. The van der Waals surface area contributed by atoms with Crippen molar-refractivity contribution in [2.45, 2.75) is 25.7 Å². The van der Waals surface area contributed by atoms with Gasteiger partial charge < -0.3 is 4.90 Å². The minimum absolute atomic E-state index is 0.0162. The first kappa shape index (κ1) is 14.1. The number of benzene rings is 1. The normalized spacial score (nSPS) is 18.8. The van der Waals surface area contributed by atoms with Gasteiger partial charge in [-0.2, -0.15) is 5.10 Å². The number of aromatic nitrogens is 2. The summed E-state index contributed by atoms with van der Waals surface area (Å²) < 4.78 is 0. The molecule has 1 aromatic carbocycles. The van der Waals surface area contributed by atoms with Gasteiger partial charge in [0.25, 0.3) is 5.91 Å². The first-order valence-electron chi connectivity index (χ1n) is 7.20. The highest BCUT2D eigenvalue weighted by molar-refractivity contribution is 6.33. The van der Waals surface area contributed by atoms with Gasteiger partial charge in [-0.05, 0) is 37.5 Å². The van der Waals surface area contributed by atoms with Crippen LogP contribution in [0.5, 0.6) is 0 Å². The average molecular weight is 304 g/mol. The highest BCUT2D eigenvalue weighted by atomic mass is 35.5. The molecule has 0 saturated carbocycles. The Morgan fingerprint density at radius 2 is 2.24 bits per heavy atom. The summed E-state index contributed by atoms with van der Waals surface area (Å²) in [6.45, 7) is 3.55. The molecule has 1 aliphatic heterocycles. The molecule has 0 unspecified atom stereocenters. The van der Waals surface area contributed by atoms with Gasteiger partial charge in [-0.3, -0.25) is 9.89 Å². The van der Waals surface area contributed by atoms with Gasteiger partial charge in [0.2, 0.25) is 0 Å². The number of aromatic amines is 1. The zero-order chi connectivity index (χ0) is 14.8. The van der Waals surface area contributed by atoms with Gasteiger partial charge in [0.1, 0.15) is 0 Å². The third kappa shape index (κ3) is 2.81. The molecule has 1 saturated heterocycles. The van der Waals surface area contributed by atoms with Gasteiger partial charge in [0.15, 0.2) is 0 Å². The van der Waals surface area contributed by atoms with Crippen LogP contribution >= 0.6 is 11.6 Å². The molecule has 110 valence electrons. The Labute approximate surface area is 129 Å². The third-order valence-corrected chi connectivity index (χ3v) is 4.42. The number of piperidine rings is 1. The number of hydrogen-bond acceptors (Lipinski definition) is 2. The smallest absolute Gasteiger partial charge is 0.255 e. The van der Waals surface area contributed by atoms with Crippen molar-refractivity contribution in [3.63, 3.8) is 0 Å². The second-order valence-corrected chi connectivity index (χ2v) is 5.94. The number of rotatable bonds is 2. The summed E-state index contributed by atoms with van der Waals surface area (Å²) in [5.74, 6) is 0.343. The molecule has 1 aromatic heterocycles. The Hall–Kier alpha value is -1.81. The number of H-pyrrole nitrogens is 1. The van der Waals surface area contributed by atoms with Crippen molar-refractivity contribution in [2.75, 3.05) is 13.1 Å². The Morgan fingerprint density at radius 3 is 2.95 bits per heavy atom. The molecule has 1 atom stereocenters. The lowest BCUT2D eigenvalue weighted by molar-refractivity contribution is 0.0706. The van der Waals surface area contributed by atoms with E-state index in [2.05, 4.69) is 10.2 Å². The van der Waals surface area contributed by atoms with Crippen LogP contribution in [0.1, 0.15) is 40.4 Å². The Morgan fingerprint density at radius 1 is 1.43 bits per heavy atom. The van der Waals surface area contributed by atoms with Crippen molar-refractivity contribution >= 4 is 17.5 Å². The molecule has 3 rings (SSSR count). The molecule has 0 bridgehead atoms. The predicted octanol–water partition coefficient (Wildman–Crippen LogP) is 3.39. The monoisotopic (exact) mass is 303 g/mol. The van der Waals surface area contributed by atoms with Gasteiger partial charge in [0, 0.05) is 24.7 Å². The van der Waals surface area contributed by atoms with E-state index in [0.717, 1.165) is 30.6 Å². The molecule has 0 radical (unpaired) electrons. The number of carbonyl (C=O) groups is 1. The van der Waals surface area contributed by atoms with Crippen LogP contribution in [-0.2, 0) is 0 Å². The third-order valence-electron chi connectivity index (χ3n) is 4.09. The molecule has 1 fully saturated rings. The molecule has 21 heavy (non-hydrogen) atoms. The van der Waals surface area contributed by atoms with E-state index < -0.39 is 0 Å². The average Bonchev–Trinajstić information content (AvgIpc) is 2.93. The van der Waals surface area contributed by atoms with Crippen LogP contribution < -0.4 is 0 Å². The summed E-state index contributed by atoms with van der Waals surface area (Å²) in [6.07, 6.45) is 3.92. The Bertz CT molecular complexity index is 652. The van der Waals surface area contributed by atoms with Gasteiger partial charge in [0.05, 0.1) is 16.8 Å². The second kappa shape index (κ2) is 5.90. The van der Waals surface area contributed by atoms with Crippen LogP contribution in [0.25, 0.3) is 0 Å². The lowest BCUT2D eigenvalue weighted by Gasteiger charge is -2.32. The van der Waals surface area contributed by atoms with Crippen molar-refractivity contribution in [3.8, 4) is 0 Å². The van der Waals surface area contributed by atoms with Crippen molar-refractivity contribution < 1.29 is 4.79 Å². The fourth-order valence-corrected chi connectivity index (χ4v) is 3.19. The SMILES string of the molecule is Cc1cn[nH]c1[C@@H]1CCCN(C(=O)c2ccccc2Cl)C1. The van der Waals surface area contributed by atoms with Crippen molar-refractivity contribution in [1.82, 2.24) is 15.1 Å². The predicted molar refractivity (Wildman–Crippen MR) is 82.7 cm³/mol. The van der Waals surface area contributed by atoms with Gasteiger partial charge >= 0.3 is 0 Å². The fraction of sp³-hybridized carbons (Fsp3) is 0.375. The van der Waals surface area contributed by atoms with E-state index in [1.54, 1.807) is 12.1 Å². The van der Waals surface area contributed by atoms with Crippen molar-refractivity contribution in [2.24, 2.45) is 0 Å². The molecule has 2 aromatic rings. The number of hydrogen-bond donors (Lipinski definition) is 1. The van der Waals surface area contributed by atoms with Crippen LogP contribution in [0, 0.1) is 6.92 Å². The van der Waals surface area contributed by atoms with Gasteiger partial charge in [-0.15, -0.1) is 0 Å². The molecular weight excluding hydrogens is 286 g/mol. The summed E-state index contributed by atoms with van der Waals surface area (Å²) in [6, 6.07) is 7.23. The van der Waals surface area contributed by atoms with E-state index >= 15 is 0 Å². The van der Waals surface area contributed by atoms with Gasteiger partial charge in [-0.25, -0.2) is 0 Å². The number of nitrogens with one attached hydrogen (secondary N) is 1. The zero-order valence-electron chi connectivity index (χ0n) is 12.0. The summed E-state index contributed by atoms with van der Waals surface area (Å²) in [4.78, 5) is 14.5. The van der Waals surface area contributed by atoms with Crippen molar-refractivity contribution in [1.29, 1.82) is 0 Å². The fourth-order valence-electron chi connectivity index (χ4n) is 2.97. The van der Waals surface area contributed by atoms with E-state index in [1.165, 1.54) is 0 Å². The molecule has 0 aliphatic carbocycles. The largest absolute Gasteiger partial charge is 0.338 e. The maximum absolute atomic E-state index is 12.6. The minimum atomic E-state index is 0.0162. The summed E-state index contributed by atoms with van der Waals surface area (Å²) in [5.41, 5.74) is 2.89. The molecule has 1 amide bonds. The molecule has 4 nitrogen and oxygen atoms in total. The molecule has 1 N–H and O–H groups in total. The highest BCUT2D eigenvalue weighted by Crippen LogP contribution is 2.29. The number of nitrogens with zero attached hydrogens (tertiary/aromatic N) is 2. The van der Waals surface area contributed by atoms with Crippen LogP contribution in [0.4, 0.5) is 0 Å². The zero-order valence-corrected chi connectivity index (χ0v) is 12.7. The van der Waals surface area contributed by atoms with Crippen LogP contribution in [0.3, 0.4) is 0 Å². The van der Waals surface area contributed by atoms with Gasteiger partial charge in [-0.1, -0.05) is 23.7 Å². The summed E-state index contributed by atoms with van der Waals surface area (Å²) in [7, 11) is 0. The Kier molecular flexibility index (Phi) is 3.97.